The smallest absolute Gasteiger partial charge is 0.127 e. The van der Waals surface area contributed by atoms with Crippen molar-refractivity contribution in [2.24, 2.45) is 0 Å². The molecule has 0 amide bonds. The summed E-state index contributed by atoms with van der Waals surface area (Å²) in [7, 11) is 0. The quantitative estimate of drug-likeness (QED) is 0.633. The zero-order valence-electron chi connectivity index (χ0n) is 15.7. The number of hydrogen-bond acceptors (Lipinski definition) is 1. The fourth-order valence-corrected chi connectivity index (χ4v) is 4.02. The molecule has 3 heteroatoms. The van der Waals surface area contributed by atoms with Crippen molar-refractivity contribution in [1.82, 2.24) is 0 Å². The molecule has 1 fully saturated rings. The van der Waals surface area contributed by atoms with Gasteiger partial charge in [0.25, 0.3) is 0 Å². The number of rotatable bonds is 5. The van der Waals surface area contributed by atoms with Crippen molar-refractivity contribution in [1.29, 1.82) is 0 Å². The lowest BCUT2D eigenvalue weighted by Crippen LogP contribution is -3.27. The van der Waals surface area contributed by atoms with Crippen LogP contribution < -0.4 is 9.80 Å². The zero-order valence-corrected chi connectivity index (χ0v) is 15.7. The molecule has 4 rings (SSSR count). The summed E-state index contributed by atoms with van der Waals surface area (Å²) in [5, 5.41) is 12.8. The number of aromatic hydroxyl groups is 1. The van der Waals surface area contributed by atoms with Crippen molar-refractivity contribution < 1.29 is 14.9 Å². The summed E-state index contributed by atoms with van der Waals surface area (Å²) in [6, 6.07) is 22.7. The van der Waals surface area contributed by atoms with Crippen LogP contribution in [0.25, 0.3) is 16.8 Å². The topological polar surface area (TPSA) is 29.1 Å². The van der Waals surface area contributed by atoms with Crippen molar-refractivity contribution in [2.45, 2.75) is 6.54 Å². The summed E-state index contributed by atoms with van der Waals surface area (Å²) in [5.74, 6) is 0.432. The molecule has 0 atom stereocenters. The third-order valence-corrected chi connectivity index (χ3v) is 5.62. The first-order valence-corrected chi connectivity index (χ1v) is 9.88. The minimum atomic E-state index is 0.432. The minimum absolute atomic E-state index is 0.432. The number of phenolic OH excluding ortho intramolecular Hbond substituents is 1. The van der Waals surface area contributed by atoms with Gasteiger partial charge in [-0.1, -0.05) is 66.7 Å². The normalized spacial score (nSPS) is 20.3. The SMILES string of the molecule is Oc1ccc2ccccc2c1C[NH+]1CC[NH+](C/C=C/c2ccccc2)CC1. The zero-order chi connectivity index (χ0) is 18.5. The third kappa shape index (κ3) is 4.38. The van der Waals surface area contributed by atoms with E-state index in [1.807, 2.05) is 12.1 Å². The highest BCUT2D eigenvalue weighted by Gasteiger charge is 2.23. The molecule has 1 heterocycles. The van der Waals surface area contributed by atoms with Gasteiger partial charge in [-0.2, -0.15) is 0 Å². The van der Waals surface area contributed by atoms with Crippen LogP contribution in [0.5, 0.6) is 5.75 Å². The molecule has 0 saturated carbocycles. The second-order valence-electron chi connectivity index (χ2n) is 7.48. The summed E-state index contributed by atoms with van der Waals surface area (Å²) >= 11 is 0. The Bertz CT molecular complexity index is 912. The summed E-state index contributed by atoms with van der Waals surface area (Å²) in [6.45, 7) is 6.65. The molecule has 1 aliphatic rings. The van der Waals surface area contributed by atoms with Crippen molar-refractivity contribution in [3.63, 3.8) is 0 Å². The van der Waals surface area contributed by atoms with Crippen molar-refractivity contribution in [3.8, 4) is 5.75 Å². The lowest BCUT2D eigenvalue weighted by molar-refractivity contribution is -1.02. The largest absolute Gasteiger partial charge is 0.507 e. The molecule has 0 bridgehead atoms. The minimum Gasteiger partial charge on any atom is -0.507 e. The van der Waals surface area contributed by atoms with Crippen LogP contribution in [0.3, 0.4) is 0 Å². The average molecular weight is 361 g/mol. The van der Waals surface area contributed by atoms with Crippen LogP contribution in [-0.2, 0) is 6.54 Å². The summed E-state index contributed by atoms with van der Waals surface area (Å²) in [5.41, 5.74) is 2.36. The molecule has 0 aliphatic carbocycles. The fraction of sp³-hybridized carbons (Fsp3) is 0.250. The molecular weight excluding hydrogens is 332 g/mol. The average Bonchev–Trinajstić information content (AvgIpc) is 2.72. The van der Waals surface area contributed by atoms with Crippen LogP contribution in [0.15, 0.2) is 72.8 Å². The molecular formula is C24H28N2O+2. The van der Waals surface area contributed by atoms with Gasteiger partial charge in [-0.05, 0) is 28.5 Å². The summed E-state index contributed by atoms with van der Waals surface area (Å²) < 4.78 is 0. The standard InChI is InChI=1S/C24H26N2O/c27-24-13-12-21-10-4-5-11-22(21)23(24)19-26-17-15-25(16-18-26)14-6-9-20-7-2-1-3-8-20/h1-13,27H,14-19H2/p+2/b9-6+. The molecule has 0 spiro atoms. The van der Waals surface area contributed by atoms with Gasteiger partial charge in [-0.25, -0.2) is 0 Å². The van der Waals surface area contributed by atoms with E-state index in [2.05, 4.69) is 66.7 Å². The van der Waals surface area contributed by atoms with Gasteiger partial charge in [0.1, 0.15) is 38.5 Å². The highest BCUT2D eigenvalue weighted by Crippen LogP contribution is 2.26. The lowest BCUT2D eigenvalue weighted by atomic mass is 10.0. The van der Waals surface area contributed by atoms with Crippen LogP contribution in [0, 0.1) is 0 Å². The maximum atomic E-state index is 10.4. The van der Waals surface area contributed by atoms with Gasteiger partial charge in [-0.3, -0.25) is 0 Å². The number of nitrogens with one attached hydrogen (secondary N) is 2. The van der Waals surface area contributed by atoms with Gasteiger partial charge in [0, 0.05) is 0 Å². The van der Waals surface area contributed by atoms with E-state index in [0.717, 1.165) is 31.7 Å². The molecule has 0 unspecified atom stereocenters. The van der Waals surface area contributed by atoms with E-state index in [9.17, 15) is 5.11 Å². The number of phenols is 1. The molecule has 1 aliphatic heterocycles. The first kappa shape index (κ1) is 17.8. The molecule has 3 aromatic carbocycles. The predicted molar refractivity (Wildman–Crippen MR) is 111 cm³/mol. The Balaban J connectivity index is 1.34. The van der Waals surface area contributed by atoms with Crippen LogP contribution in [-0.4, -0.2) is 37.8 Å². The van der Waals surface area contributed by atoms with E-state index in [-0.39, 0.29) is 0 Å². The fourth-order valence-electron chi connectivity index (χ4n) is 4.02. The van der Waals surface area contributed by atoms with Crippen LogP contribution in [0.2, 0.25) is 0 Å². The molecule has 27 heavy (non-hydrogen) atoms. The second-order valence-corrected chi connectivity index (χ2v) is 7.48. The number of benzene rings is 3. The monoisotopic (exact) mass is 360 g/mol. The van der Waals surface area contributed by atoms with Gasteiger partial charge < -0.3 is 14.9 Å². The Hall–Kier alpha value is -2.62. The van der Waals surface area contributed by atoms with E-state index in [1.54, 1.807) is 9.80 Å². The molecule has 138 valence electrons. The van der Waals surface area contributed by atoms with Crippen molar-refractivity contribution in [2.75, 3.05) is 32.7 Å². The van der Waals surface area contributed by atoms with Crippen molar-refractivity contribution in [3.05, 3.63) is 83.9 Å². The summed E-state index contributed by atoms with van der Waals surface area (Å²) in [4.78, 5) is 3.21. The number of quaternary nitrogens is 2. The molecule has 3 nitrogen and oxygen atoms in total. The third-order valence-electron chi connectivity index (χ3n) is 5.62. The molecule has 0 radical (unpaired) electrons. The summed E-state index contributed by atoms with van der Waals surface area (Å²) in [6.07, 6.45) is 4.52. The second kappa shape index (κ2) is 8.38. The van der Waals surface area contributed by atoms with E-state index in [1.165, 1.54) is 29.4 Å². The Morgan fingerprint density at radius 1 is 0.778 bits per heavy atom. The van der Waals surface area contributed by atoms with Gasteiger partial charge in [0.2, 0.25) is 0 Å². The van der Waals surface area contributed by atoms with Crippen LogP contribution in [0.1, 0.15) is 11.1 Å². The van der Waals surface area contributed by atoms with E-state index >= 15 is 0 Å². The molecule has 0 aromatic heterocycles. The predicted octanol–water partition coefficient (Wildman–Crippen LogP) is 1.54. The Morgan fingerprint density at radius 2 is 1.48 bits per heavy atom. The molecule has 3 N–H and O–H groups in total. The van der Waals surface area contributed by atoms with Crippen LogP contribution >= 0.6 is 0 Å². The van der Waals surface area contributed by atoms with E-state index < -0.39 is 0 Å². The maximum absolute atomic E-state index is 10.4. The molecule has 3 aromatic rings. The van der Waals surface area contributed by atoms with E-state index in [4.69, 9.17) is 0 Å². The van der Waals surface area contributed by atoms with Gasteiger partial charge in [0.15, 0.2) is 0 Å². The highest BCUT2D eigenvalue weighted by molar-refractivity contribution is 5.87. The Morgan fingerprint density at radius 3 is 2.30 bits per heavy atom. The van der Waals surface area contributed by atoms with Crippen LogP contribution in [0.4, 0.5) is 0 Å². The first-order chi connectivity index (χ1) is 13.3. The number of fused-ring (bicyclic) bond motifs is 1. The number of hydrogen-bond donors (Lipinski definition) is 3. The lowest BCUT2D eigenvalue weighted by Gasteiger charge is -2.29. The first-order valence-electron chi connectivity index (χ1n) is 9.88. The maximum Gasteiger partial charge on any atom is 0.127 e. The van der Waals surface area contributed by atoms with Crippen molar-refractivity contribution >= 4 is 16.8 Å². The number of piperazine rings is 1. The van der Waals surface area contributed by atoms with E-state index in [0.29, 0.717) is 5.75 Å². The van der Waals surface area contributed by atoms with Gasteiger partial charge in [-0.15, -0.1) is 0 Å². The molecule has 1 saturated heterocycles. The highest BCUT2D eigenvalue weighted by atomic mass is 16.3. The van der Waals surface area contributed by atoms with Gasteiger partial charge in [0.05, 0.1) is 12.1 Å². The Kier molecular flexibility index (Phi) is 5.52. The Labute approximate surface area is 161 Å². The van der Waals surface area contributed by atoms with Gasteiger partial charge >= 0.3 is 0 Å².